The summed E-state index contributed by atoms with van der Waals surface area (Å²) in [5.41, 5.74) is 2.40. The maximum atomic E-state index is 12.6. The predicted octanol–water partition coefficient (Wildman–Crippen LogP) is 2.74. The van der Waals surface area contributed by atoms with E-state index < -0.39 is 20.0 Å². The lowest BCUT2D eigenvalue weighted by Gasteiger charge is -2.30. The lowest BCUT2D eigenvalue weighted by atomic mass is 10.0. The minimum absolute atomic E-state index is 0.00175. The van der Waals surface area contributed by atoms with E-state index in [2.05, 4.69) is 4.72 Å². The Kier molecular flexibility index (Phi) is 5.85. The van der Waals surface area contributed by atoms with E-state index in [0.717, 1.165) is 18.4 Å². The third-order valence-corrected chi connectivity index (χ3v) is 7.67. The number of fused-ring (bicyclic) bond motifs is 1. The van der Waals surface area contributed by atoms with Gasteiger partial charge in [-0.25, -0.2) is 16.8 Å². The van der Waals surface area contributed by atoms with Crippen LogP contribution in [-0.2, 0) is 32.2 Å². The van der Waals surface area contributed by atoms with Crippen LogP contribution in [-0.4, -0.2) is 36.2 Å². The standard InChI is InChI=1S/C19H24N2O5S2/c1-3-28(24,25)21-11-5-7-16-9-10-17(13-19(16)21)20-27(22,23)14-15-6-4-8-18(12-15)26-2/h4,6,8-10,12-13,20H,3,5,7,11,14H2,1-2H3. The van der Waals surface area contributed by atoms with Crippen LogP contribution >= 0.6 is 0 Å². The molecule has 0 saturated carbocycles. The average molecular weight is 425 g/mol. The highest BCUT2D eigenvalue weighted by molar-refractivity contribution is 7.92. The van der Waals surface area contributed by atoms with E-state index in [9.17, 15) is 16.8 Å². The van der Waals surface area contributed by atoms with Crippen molar-refractivity contribution in [1.29, 1.82) is 0 Å². The van der Waals surface area contributed by atoms with Crippen molar-refractivity contribution in [3.05, 3.63) is 53.6 Å². The maximum Gasteiger partial charge on any atom is 0.236 e. The highest BCUT2D eigenvalue weighted by atomic mass is 32.2. The molecule has 0 unspecified atom stereocenters. The van der Waals surface area contributed by atoms with E-state index in [1.54, 1.807) is 49.4 Å². The molecule has 0 amide bonds. The Morgan fingerprint density at radius 1 is 1.11 bits per heavy atom. The Morgan fingerprint density at radius 2 is 1.89 bits per heavy atom. The third kappa shape index (κ3) is 4.59. The lowest BCUT2D eigenvalue weighted by Crippen LogP contribution is -2.36. The second-order valence-electron chi connectivity index (χ2n) is 6.63. The van der Waals surface area contributed by atoms with Crippen LogP contribution in [0, 0.1) is 0 Å². The number of benzene rings is 2. The summed E-state index contributed by atoms with van der Waals surface area (Å²) in [6.45, 7) is 2.01. The van der Waals surface area contributed by atoms with E-state index in [-0.39, 0.29) is 11.5 Å². The van der Waals surface area contributed by atoms with E-state index in [1.165, 1.54) is 11.4 Å². The quantitative estimate of drug-likeness (QED) is 0.738. The van der Waals surface area contributed by atoms with Crippen LogP contribution in [0.4, 0.5) is 11.4 Å². The van der Waals surface area contributed by atoms with Gasteiger partial charge in [-0.3, -0.25) is 9.03 Å². The summed E-state index contributed by atoms with van der Waals surface area (Å²) in [7, 11) is -5.56. The first-order chi connectivity index (χ1) is 13.2. The van der Waals surface area contributed by atoms with Gasteiger partial charge in [0.25, 0.3) is 0 Å². The molecule has 28 heavy (non-hydrogen) atoms. The monoisotopic (exact) mass is 424 g/mol. The number of nitrogens with zero attached hydrogens (tertiary/aromatic N) is 1. The van der Waals surface area contributed by atoms with Gasteiger partial charge in [0.15, 0.2) is 0 Å². The molecule has 0 spiro atoms. The van der Waals surface area contributed by atoms with Crippen LogP contribution in [0.15, 0.2) is 42.5 Å². The van der Waals surface area contributed by atoms with Crippen LogP contribution in [0.5, 0.6) is 5.75 Å². The Morgan fingerprint density at radius 3 is 2.61 bits per heavy atom. The van der Waals surface area contributed by atoms with Gasteiger partial charge in [0.1, 0.15) is 5.75 Å². The molecule has 1 N–H and O–H groups in total. The van der Waals surface area contributed by atoms with E-state index in [4.69, 9.17) is 4.74 Å². The molecule has 0 atom stereocenters. The number of aryl methyl sites for hydroxylation is 1. The molecule has 152 valence electrons. The maximum absolute atomic E-state index is 12.6. The fourth-order valence-corrected chi connectivity index (χ4v) is 5.61. The minimum atomic E-state index is -3.67. The van der Waals surface area contributed by atoms with Crippen LogP contribution in [0.1, 0.15) is 24.5 Å². The number of sulfonamides is 2. The third-order valence-electron chi connectivity index (χ3n) is 4.63. The molecule has 0 fully saturated rings. The molecule has 0 radical (unpaired) electrons. The van der Waals surface area contributed by atoms with Crippen LogP contribution in [0.3, 0.4) is 0 Å². The summed E-state index contributed by atoms with van der Waals surface area (Å²) >= 11 is 0. The number of nitrogens with one attached hydrogen (secondary N) is 1. The zero-order valence-electron chi connectivity index (χ0n) is 15.9. The topological polar surface area (TPSA) is 92.8 Å². The number of rotatable bonds is 7. The largest absolute Gasteiger partial charge is 0.497 e. The number of ether oxygens (including phenoxy) is 1. The van der Waals surface area contributed by atoms with Crippen molar-refractivity contribution < 1.29 is 21.6 Å². The van der Waals surface area contributed by atoms with E-state index in [0.29, 0.717) is 29.2 Å². The van der Waals surface area contributed by atoms with Crippen LogP contribution in [0.25, 0.3) is 0 Å². The fraction of sp³-hybridized carbons (Fsp3) is 0.368. The zero-order chi connectivity index (χ0) is 20.4. The summed E-state index contributed by atoms with van der Waals surface area (Å²) in [5.74, 6) is 0.373. The van der Waals surface area contributed by atoms with Crippen LogP contribution in [0.2, 0.25) is 0 Å². The summed E-state index contributed by atoms with van der Waals surface area (Å²) in [6, 6.07) is 11.9. The van der Waals surface area contributed by atoms with Gasteiger partial charge in [0, 0.05) is 6.54 Å². The van der Waals surface area contributed by atoms with Gasteiger partial charge < -0.3 is 4.74 Å². The first kappa shape index (κ1) is 20.5. The van der Waals surface area contributed by atoms with Crippen molar-refractivity contribution in [2.24, 2.45) is 0 Å². The summed E-state index contributed by atoms with van der Waals surface area (Å²) in [4.78, 5) is 0. The minimum Gasteiger partial charge on any atom is -0.497 e. The van der Waals surface area contributed by atoms with Gasteiger partial charge in [-0.15, -0.1) is 0 Å². The van der Waals surface area contributed by atoms with Crippen molar-refractivity contribution in [3.8, 4) is 5.75 Å². The molecule has 0 aromatic heterocycles. The Labute approximate surface area is 166 Å². The smallest absolute Gasteiger partial charge is 0.236 e. The first-order valence-corrected chi connectivity index (χ1v) is 12.3. The Hall–Kier alpha value is -2.26. The Balaban J connectivity index is 1.85. The first-order valence-electron chi connectivity index (χ1n) is 9.01. The molecule has 3 rings (SSSR count). The van der Waals surface area contributed by atoms with Gasteiger partial charge in [0.2, 0.25) is 20.0 Å². The highest BCUT2D eigenvalue weighted by Crippen LogP contribution is 2.32. The SMILES string of the molecule is CCS(=O)(=O)N1CCCc2ccc(NS(=O)(=O)Cc3cccc(OC)c3)cc21. The molecule has 1 heterocycles. The highest BCUT2D eigenvalue weighted by Gasteiger charge is 2.26. The van der Waals surface area contributed by atoms with Gasteiger partial charge in [-0.2, -0.15) is 0 Å². The Bertz CT molecular complexity index is 1070. The molecule has 0 bridgehead atoms. The molecule has 0 saturated heterocycles. The number of hydrogen-bond donors (Lipinski definition) is 1. The van der Waals surface area contributed by atoms with E-state index >= 15 is 0 Å². The summed E-state index contributed by atoms with van der Waals surface area (Å²) in [5, 5.41) is 0. The van der Waals surface area contributed by atoms with Gasteiger partial charge in [0.05, 0.1) is 30.0 Å². The number of methoxy groups -OCH3 is 1. The zero-order valence-corrected chi connectivity index (χ0v) is 17.5. The molecule has 9 heteroatoms. The average Bonchev–Trinajstić information content (AvgIpc) is 2.66. The normalized spacial score (nSPS) is 14.4. The van der Waals surface area contributed by atoms with Crippen molar-refractivity contribution in [2.45, 2.75) is 25.5 Å². The van der Waals surface area contributed by atoms with Crippen molar-refractivity contribution in [1.82, 2.24) is 0 Å². The van der Waals surface area contributed by atoms with Crippen molar-refractivity contribution >= 4 is 31.4 Å². The fourth-order valence-electron chi connectivity index (χ4n) is 3.25. The molecule has 7 nitrogen and oxygen atoms in total. The van der Waals surface area contributed by atoms with Gasteiger partial charge in [-0.05, 0) is 55.2 Å². The molecule has 1 aliphatic rings. The number of anilines is 2. The number of hydrogen-bond acceptors (Lipinski definition) is 5. The predicted molar refractivity (Wildman–Crippen MR) is 111 cm³/mol. The van der Waals surface area contributed by atoms with Gasteiger partial charge in [-0.1, -0.05) is 18.2 Å². The summed E-state index contributed by atoms with van der Waals surface area (Å²) < 4.78 is 59.0. The summed E-state index contributed by atoms with van der Waals surface area (Å²) in [6.07, 6.45) is 1.51. The molecular formula is C19H24N2O5S2. The van der Waals surface area contributed by atoms with E-state index in [1.807, 2.05) is 0 Å². The molecule has 2 aromatic carbocycles. The van der Waals surface area contributed by atoms with Crippen molar-refractivity contribution in [3.63, 3.8) is 0 Å². The molecule has 0 aliphatic carbocycles. The lowest BCUT2D eigenvalue weighted by molar-refractivity contribution is 0.414. The van der Waals surface area contributed by atoms with Crippen LogP contribution < -0.4 is 13.8 Å². The second-order valence-corrected chi connectivity index (χ2v) is 10.5. The molecule has 2 aromatic rings. The molecular weight excluding hydrogens is 400 g/mol. The van der Waals surface area contributed by atoms with Gasteiger partial charge >= 0.3 is 0 Å². The van der Waals surface area contributed by atoms with Crippen molar-refractivity contribution in [2.75, 3.05) is 28.4 Å². The molecule has 1 aliphatic heterocycles. The second kappa shape index (κ2) is 8.00.